The molecule has 7 nitrogen and oxygen atoms in total. The minimum atomic E-state index is -0.284. The average Bonchev–Trinajstić information content (AvgIpc) is 3.42. The van der Waals surface area contributed by atoms with E-state index in [4.69, 9.17) is 14.2 Å². The predicted molar refractivity (Wildman–Crippen MR) is 156 cm³/mol. The van der Waals surface area contributed by atoms with Gasteiger partial charge in [-0.25, -0.2) is 4.79 Å². The number of aryl methyl sites for hydroxylation is 2. The van der Waals surface area contributed by atoms with Gasteiger partial charge in [0.25, 0.3) is 0 Å². The normalized spacial score (nSPS) is 13.7. The Balaban J connectivity index is 1.46. The molecule has 0 aliphatic carbocycles. The molecule has 0 atom stereocenters. The van der Waals surface area contributed by atoms with Crippen molar-refractivity contribution in [2.24, 2.45) is 7.05 Å². The smallest absolute Gasteiger partial charge is 0.355 e. The second-order valence-corrected chi connectivity index (χ2v) is 10.4. The molecule has 6 rings (SSSR count). The second-order valence-electron chi connectivity index (χ2n) is 10.4. The number of H-pyrrole nitrogens is 1. The number of rotatable bonds is 6. The maximum absolute atomic E-state index is 13.5. The first-order valence-corrected chi connectivity index (χ1v) is 14.1. The van der Waals surface area contributed by atoms with E-state index in [1.54, 1.807) is 0 Å². The molecule has 3 heterocycles. The molecule has 3 aromatic carbocycles. The summed E-state index contributed by atoms with van der Waals surface area (Å²) < 4.78 is 22.1. The average molecular weight is 539 g/mol. The summed E-state index contributed by atoms with van der Waals surface area (Å²) in [6.45, 7) is 6.64. The van der Waals surface area contributed by atoms with Crippen LogP contribution in [0.5, 0.6) is 5.75 Å². The number of aromatic nitrogens is 3. The van der Waals surface area contributed by atoms with Crippen molar-refractivity contribution in [3.8, 4) is 16.9 Å². The van der Waals surface area contributed by atoms with Crippen molar-refractivity contribution in [1.29, 1.82) is 0 Å². The third-order valence-corrected chi connectivity index (χ3v) is 7.90. The Morgan fingerprint density at radius 1 is 1.07 bits per heavy atom. The van der Waals surface area contributed by atoms with Gasteiger partial charge < -0.3 is 18.8 Å². The van der Waals surface area contributed by atoms with Gasteiger partial charge >= 0.3 is 5.97 Å². The Morgan fingerprint density at radius 2 is 1.93 bits per heavy atom. The zero-order valence-electron chi connectivity index (χ0n) is 23.5. The highest BCUT2D eigenvalue weighted by Gasteiger charge is 2.29. The summed E-state index contributed by atoms with van der Waals surface area (Å²) in [6, 6.07) is 20.8. The number of ether oxygens (including phenoxy) is 3. The molecular formula is C33H36N3O4+. The van der Waals surface area contributed by atoms with E-state index in [0.717, 1.165) is 63.0 Å². The molecule has 40 heavy (non-hydrogen) atoms. The fraction of sp³-hybridized carbons (Fsp3) is 0.333. The number of benzene rings is 3. The summed E-state index contributed by atoms with van der Waals surface area (Å²) in [7, 11) is 2.02. The van der Waals surface area contributed by atoms with Crippen molar-refractivity contribution < 1.29 is 23.7 Å². The lowest BCUT2D eigenvalue weighted by molar-refractivity contribution is -0.732. The lowest BCUT2D eigenvalue weighted by Gasteiger charge is -2.13. The van der Waals surface area contributed by atoms with Crippen molar-refractivity contribution in [1.82, 2.24) is 9.67 Å². The fourth-order valence-electron chi connectivity index (χ4n) is 5.96. The molecule has 2 aromatic heterocycles. The largest absolute Gasteiger partial charge is 0.493 e. The number of fused-ring (bicyclic) bond motifs is 3. The zero-order chi connectivity index (χ0) is 27.6. The predicted octanol–water partition coefficient (Wildman–Crippen LogP) is 6.03. The monoisotopic (exact) mass is 538 g/mol. The van der Waals surface area contributed by atoms with Gasteiger partial charge in [0.15, 0.2) is 7.05 Å². The van der Waals surface area contributed by atoms with Gasteiger partial charge in [-0.05, 0) is 48.2 Å². The Morgan fingerprint density at radius 3 is 2.77 bits per heavy atom. The first-order valence-electron chi connectivity index (χ1n) is 14.1. The number of hydrogen-bond donors (Lipinski definition) is 1. The Bertz CT molecular complexity index is 1700. The van der Waals surface area contributed by atoms with Crippen molar-refractivity contribution in [3.63, 3.8) is 0 Å². The second kappa shape index (κ2) is 11.2. The Kier molecular flexibility index (Phi) is 7.30. The van der Waals surface area contributed by atoms with E-state index in [-0.39, 0.29) is 5.97 Å². The fourth-order valence-corrected chi connectivity index (χ4v) is 5.96. The van der Waals surface area contributed by atoms with E-state index < -0.39 is 0 Å². The van der Waals surface area contributed by atoms with Gasteiger partial charge in [-0.2, -0.15) is 5.10 Å². The number of nitrogens with zero attached hydrogens (tertiary/aromatic N) is 2. The minimum Gasteiger partial charge on any atom is -0.493 e. The van der Waals surface area contributed by atoms with Gasteiger partial charge in [0.1, 0.15) is 17.1 Å². The van der Waals surface area contributed by atoms with Crippen LogP contribution < -0.4 is 9.42 Å². The maximum atomic E-state index is 13.5. The van der Waals surface area contributed by atoms with Crippen LogP contribution in [-0.4, -0.2) is 35.5 Å². The number of esters is 1. The summed E-state index contributed by atoms with van der Waals surface area (Å²) in [6.07, 6.45) is 2.40. The number of nitrogens with one attached hydrogen (secondary N) is 1. The SMILES string of the molecule is CCOC(=O)c1c(CCOc2ccc3ccccc3c2)c2cccc3c2n1CCCCOCc1[nH][n+](C)c(C)c1-3. The highest BCUT2D eigenvalue weighted by Crippen LogP contribution is 2.38. The zero-order valence-corrected chi connectivity index (χ0v) is 23.5. The van der Waals surface area contributed by atoms with Crippen molar-refractivity contribution >= 4 is 27.6 Å². The quantitative estimate of drug-likeness (QED) is 0.212. The van der Waals surface area contributed by atoms with Gasteiger partial charge in [0, 0.05) is 37.4 Å². The van der Waals surface area contributed by atoms with Crippen molar-refractivity contribution in [3.05, 3.63) is 83.3 Å². The van der Waals surface area contributed by atoms with Crippen LogP contribution >= 0.6 is 0 Å². The summed E-state index contributed by atoms with van der Waals surface area (Å²) in [5.41, 5.74) is 7.06. The summed E-state index contributed by atoms with van der Waals surface area (Å²) in [5.74, 6) is 0.538. The van der Waals surface area contributed by atoms with Gasteiger partial charge in [-0.15, -0.1) is 4.68 Å². The van der Waals surface area contributed by atoms with Crippen LogP contribution in [0, 0.1) is 6.92 Å². The summed E-state index contributed by atoms with van der Waals surface area (Å²) in [5, 5.41) is 6.87. The van der Waals surface area contributed by atoms with E-state index in [1.807, 2.05) is 36.9 Å². The Hall–Kier alpha value is -4.10. The third kappa shape index (κ3) is 4.75. The van der Waals surface area contributed by atoms with Crippen molar-refractivity contribution in [2.75, 3.05) is 19.8 Å². The molecule has 206 valence electrons. The lowest BCUT2D eigenvalue weighted by Crippen LogP contribution is -2.32. The molecule has 1 N–H and O–H groups in total. The molecule has 1 aliphatic heterocycles. The molecule has 0 radical (unpaired) electrons. The first-order chi connectivity index (χ1) is 19.6. The molecule has 0 saturated carbocycles. The minimum absolute atomic E-state index is 0.284. The molecular weight excluding hydrogens is 502 g/mol. The maximum Gasteiger partial charge on any atom is 0.355 e. The van der Waals surface area contributed by atoms with Crippen LogP contribution in [0.4, 0.5) is 0 Å². The van der Waals surface area contributed by atoms with Crippen molar-refractivity contribution in [2.45, 2.75) is 46.3 Å². The lowest BCUT2D eigenvalue weighted by atomic mass is 9.99. The number of carbonyl (C=O) groups excluding carboxylic acids is 1. The first kappa shape index (κ1) is 26.1. The number of hydrogen-bond acceptors (Lipinski definition) is 4. The molecule has 0 saturated heterocycles. The molecule has 0 unspecified atom stereocenters. The van der Waals surface area contributed by atoms with E-state index in [0.29, 0.717) is 45.1 Å². The molecule has 1 aliphatic rings. The van der Waals surface area contributed by atoms with E-state index in [9.17, 15) is 4.79 Å². The number of carbonyl (C=O) groups is 1. The van der Waals surface area contributed by atoms with Crippen LogP contribution in [-0.2, 0) is 36.1 Å². The van der Waals surface area contributed by atoms with Gasteiger partial charge in [0.05, 0.1) is 30.9 Å². The number of para-hydroxylation sites is 1. The standard InChI is InChI=1S/C33H35N3O4/c1-4-39-33(37)32-27(16-19-40-25-15-14-23-10-5-6-11-24(23)20-25)26-12-9-13-28-30-22(2)35(3)34-29(30)21-38-18-8-7-17-36(32)31(26)28/h5-6,9-15,20H,4,7-8,16-19,21H2,1-3H3/p+1. The van der Waals surface area contributed by atoms with Gasteiger partial charge in [0.2, 0.25) is 5.69 Å². The van der Waals surface area contributed by atoms with Crippen LogP contribution in [0.2, 0.25) is 0 Å². The van der Waals surface area contributed by atoms with Crippen LogP contribution in [0.25, 0.3) is 32.8 Å². The summed E-state index contributed by atoms with van der Waals surface area (Å²) in [4.78, 5) is 13.5. The topological polar surface area (TPSA) is 69.4 Å². The van der Waals surface area contributed by atoms with E-state index in [2.05, 4.69) is 59.1 Å². The van der Waals surface area contributed by atoms with Gasteiger partial charge in [-0.1, -0.05) is 48.5 Å². The molecule has 0 amide bonds. The molecule has 5 aromatic rings. The third-order valence-electron chi connectivity index (χ3n) is 7.90. The molecule has 0 spiro atoms. The Labute approximate surface area is 234 Å². The molecule has 0 fully saturated rings. The summed E-state index contributed by atoms with van der Waals surface area (Å²) >= 11 is 0. The van der Waals surface area contributed by atoms with Crippen LogP contribution in [0.15, 0.2) is 60.7 Å². The van der Waals surface area contributed by atoms with E-state index >= 15 is 0 Å². The molecule has 0 bridgehead atoms. The number of aromatic amines is 1. The van der Waals surface area contributed by atoms with Gasteiger partial charge in [-0.3, -0.25) is 0 Å². The molecule has 7 heteroatoms. The highest BCUT2D eigenvalue weighted by atomic mass is 16.5. The highest BCUT2D eigenvalue weighted by molar-refractivity contribution is 6.04. The van der Waals surface area contributed by atoms with Crippen LogP contribution in [0.3, 0.4) is 0 Å². The van der Waals surface area contributed by atoms with E-state index in [1.165, 1.54) is 5.39 Å². The van der Waals surface area contributed by atoms with Crippen LogP contribution in [0.1, 0.15) is 47.2 Å².